The molecule has 1 fully saturated rings. The Bertz CT molecular complexity index is 1030. The number of halogens is 2. The van der Waals surface area contributed by atoms with E-state index in [9.17, 15) is 0 Å². The zero-order chi connectivity index (χ0) is 19.0. The summed E-state index contributed by atoms with van der Waals surface area (Å²) in [6.07, 6.45) is 1.79. The molecule has 4 rings (SSSR count). The maximum absolute atomic E-state index is 7.88. The molecule has 138 valence electrons. The third-order valence-electron chi connectivity index (χ3n) is 4.53. The highest BCUT2D eigenvalue weighted by Gasteiger charge is 2.27. The van der Waals surface area contributed by atoms with Crippen molar-refractivity contribution in [3.8, 4) is 21.7 Å². The van der Waals surface area contributed by atoms with Crippen molar-refractivity contribution in [3.05, 3.63) is 51.4 Å². The van der Waals surface area contributed by atoms with Crippen LogP contribution in [0.4, 0.5) is 10.7 Å². The highest BCUT2D eigenvalue weighted by Crippen LogP contribution is 2.54. The van der Waals surface area contributed by atoms with Gasteiger partial charge in [0.1, 0.15) is 0 Å². The minimum absolute atomic E-state index is 0.525. The van der Waals surface area contributed by atoms with Crippen molar-refractivity contribution in [1.82, 2.24) is 10.2 Å². The Balaban J connectivity index is 1.98. The number of hydrogen-bond donors (Lipinski definition) is 1. The topological polar surface area (TPSA) is 45.5 Å². The first-order chi connectivity index (χ1) is 13.1. The summed E-state index contributed by atoms with van der Waals surface area (Å²) in [5, 5.41) is 9.27. The third kappa shape index (κ3) is 3.32. The molecule has 0 spiro atoms. The maximum Gasteiger partial charge on any atom is 0.228 e. The number of thiophene rings is 1. The van der Waals surface area contributed by atoms with E-state index in [2.05, 4.69) is 19.9 Å². The van der Waals surface area contributed by atoms with Gasteiger partial charge in [0.25, 0.3) is 0 Å². The third-order valence-corrected chi connectivity index (χ3v) is 6.34. The highest BCUT2D eigenvalue weighted by molar-refractivity contribution is 7.21. The van der Waals surface area contributed by atoms with Crippen LogP contribution in [0.2, 0.25) is 10.0 Å². The van der Waals surface area contributed by atoms with Gasteiger partial charge in [-0.1, -0.05) is 29.3 Å². The molecular weight excluding hydrogens is 403 g/mol. The van der Waals surface area contributed by atoms with E-state index in [0.717, 1.165) is 45.4 Å². The number of aromatic amines is 1. The Hall–Kier alpha value is -2.04. The molecule has 0 unspecified atom stereocenters. The minimum atomic E-state index is 0.525. The Kier molecular flexibility index (Phi) is 5.11. The number of anilines is 1. The van der Waals surface area contributed by atoms with Crippen molar-refractivity contribution in [2.75, 3.05) is 31.2 Å². The largest absolute Gasteiger partial charge is 0.378 e. The van der Waals surface area contributed by atoms with Crippen molar-refractivity contribution in [2.24, 2.45) is 0 Å². The number of nitrogens with zero attached hydrogens (tertiary/aromatic N) is 3. The van der Waals surface area contributed by atoms with Gasteiger partial charge in [-0.05, 0) is 30.2 Å². The van der Waals surface area contributed by atoms with Crippen molar-refractivity contribution in [1.29, 1.82) is 0 Å². The Morgan fingerprint density at radius 3 is 2.70 bits per heavy atom. The number of morpholine rings is 1. The summed E-state index contributed by atoms with van der Waals surface area (Å²) >= 11 is 14.2. The molecule has 3 heterocycles. The van der Waals surface area contributed by atoms with Crippen LogP contribution in [0.15, 0.2) is 24.4 Å². The van der Waals surface area contributed by atoms with E-state index in [1.54, 1.807) is 29.7 Å². The van der Waals surface area contributed by atoms with E-state index < -0.39 is 0 Å². The summed E-state index contributed by atoms with van der Waals surface area (Å²) in [4.78, 5) is 7.07. The molecule has 0 radical (unpaired) electrons. The fourth-order valence-corrected chi connectivity index (χ4v) is 5.06. The van der Waals surface area contributed by atoms with Gasteiger partial charge in [0.05, 0.1) is 41.6 Å². The molecule has 27 heavy (non-hydrogen) atoms. The quantitative estimate of drug-likeness (QED) is 0.545. The standard InChI is InChI=1S/C19H16Cl2N4OS/c1-11-10-23-24-16(11)18-15(13-4-3-12(20)9-14(13)21)17(22-2)19(27-18)25-5-7-26-8-6-25/h3-4,9-10H,5-8H2,1H3,(H,23,24). The average Bonchev–Trinajstić information content (AvgIpc) is 3.25. The number of rotatable bonds is 3. The summed E-state index contributed by atoms with van der Waals surface area (Å²) in [6.45, 7) is 12.7. The number of nitrogens with one attached hydrogen (secondary N) is 1. The lowest BCUT2D eigenvalue weighted by Gasteiger charge is -2.28. The molecule has 0 saturated carbocycles. The Labute approximate surface area is 171 Å². The molecule has 0 aliphatic carbocycles. The van der Waals surface area contributed by atoms with E-state index in [4.69, 9.17) is 34.5 Å². The lowest BCUT2D eigenvalue weighted by molar-refractivity contribution is 0.123. The second-order valence-electron chi connectivity index (χ2n) is 6.22. The molecule has 3 aromatic rings. The van der Waals surface area contributed by atoms with Crippen LogP contribution in [0.25, 0.3) is 26.5 Å². The van der Waals surface area contributed by atoms with E-state index in [1.807, 2.05) is 13.0 Å². The summed E-state index contributed by atoms with van der Waals surface area (Å²) < 4.78 is 5.47. The number of aromatic nitrogens is 2. The van der Waals surface area contributed by atoms with Crippen molar-refractivity contribution in [3.63, 3.8) is 0 Å². The summed E-state index contributed by atoms with van der Waals surface area (Å²) in [7, 11) is 0. The highest BCUT2D eigenvalue weighted by atomic mass is 35.5. The van der Waals surface area contributed by atoms with Crippen LogP contribution in [0.5, 0.6) is 0 Å². The summed E-state index contributed by atoms with van der Waals surface area (Å²) in [5.41, 5.74) is 4.16. The number of aryl methyl sites for hydroxylation is 1. The normalized spacial score (nSPS) is 14.4. The fourth-order valence-electron chi connectivity index (χ4n) is 3.19. The smallest absolute Gasteiger partial charge is 0.228 e. The SMILES string of the molecule is [C-]#[N+]c1c(N2CCOCC2)sc(-c2[nH]ncc2C)c1-c1ccc(Cl)cc1Cl. The first kappa shape index (κ1) is 18.3. The number of ether oxygens (including phenoxy) is 1. The van der Waals surface area contributed by atoms with E-state index >= 15 is 0 Å². The molecule has 0 amide bonds. The molecule has 0 atom stereocenters. The Morgan fingerprint density at radius 1 is 1.30 bits per heavy atom. The van der Waals surface area contributed by atoms with Crippen LogP contribution in [-0.2, 0) is 4.74 Å². The fraction of sp³-hybridized carbons (Fsp3) is 0.263. The summed E-state index contributed by atoms with van der Waals surface area (Å²) in [6, 6.07) is 5.38. The molecule has 1 saturated heterocycles. The van der Waals surface area contributed by atoms with Gasteiger partial charge < -0.3 is 9.64 Å². The Morgan fingerprint density at radius 2 is 2.07 bits per heavy atom. The number of H-pyrrole nitrogens is 1. The zero-order valence-corrected chi connectivity index (χ0v) is 16.9. The van der Waals surface area contributed by atoms with Gasteiger partial charge in [-0.3, -0.25) is 5.10 Å². The minimum Gasteiger partial charge on any atom is -0.378 e. The van der Waals surface area contributed by atoms with Crippen LogP contribution in [0.1, 0.15) is 5.56 Å². The van der Waals surface area contributed by atoms with Gasteiger partial charge in [-0.15, -0.1) is 11.3 Å². The molecule has 2 aromatic heterocycles. The molecule has 1 aliphatic rings. The average molecular weight is 419 g/mol. The first-order valence-corrected chi connectivity index (χ1v) is 10.00. The first-order valence-electron chi connectivity index (χ1n) is 8.43. The van der Waals surface area contributed by atoms with Crippen LogP contribution in [-0.4, -0.2) is 36.5 Å². The van der Waals surface area contributed by atoms with Gasteiger partial charge in [0.15, 0.2) is 0 Å². The van der Waals surface area contributed by atoms with Gasteiger partial charge in [-0.2, -0.15) is 5.10 Å². The molecule has 8 heteroatoms. The maximum atomic E-state index is 7.88. The summed E-state index contributed by atoms with van der Waals surface area (Å²) in [5.74, 6) is 0. The number of benzene rings is 1. The van der Waals surface area contributed by atoms with Crippen molar-refractivity contribution < 1.29 is 4.74 Å². The van der Waals surface area contributed by atoms with Crippen LogP contribution < -0.4 is 4.90 Å². The monoisotopic (exact) mass is 418 g/mol. The van der Waals surface area contributed by atoms with Crippen LogP contribution >= 0.6 is 34.5 Å². The van der Waals surface area contributed by atoms with Gasteiger partial charge >= 0.3 is 0 Å². The van der Waals surface area contributed by atoms with Crippen molar-refractivity contribution in [2.45, 2.75) is 6.92 Å². The van der Waals surface area contributed by atoms with E-state index in [-0.39, 0.29) is 0 Å². The lowest BCUT2D eigenvalue weighted by atomic mass is 10.0. The van der Waals surface area contributed by atoms with Crippen LogP contribution in [0, 0.1) is 13.5 Å². The molecule has 5 nitrogen and oxygen atoms in total. The lowest BCUT2D eigenvalue weighted by Crippen LogP contribution is -2.35. The van der Waals surface area contributed by atoms with E-state index in [1.165, 1.54) is 0 Å². The predicted molar refractivity (Wildman–Crippen MR) is 111 cm³/mol. The van der Waals surface area contributed by atoms with Gasteiger partial charge in [0, 0.05) is 28.7 Å². The van der Waals surface area contributed by atoms with Gasteiger partial charge in [-0.25, -0.2) is 4.85 Å². The molecule has 1 N–H and O–H groups in total. The van der Waals surface area contributed by atoms with E-state index in [0.29, 0.717) is 28.9 Å². The molecule has 1 aromatic carbocycles. The van der Waals surface area contributed by atoms with Crippen molar-refractivity contribution >= 4 is 45.2 Å². The number of hydrogen-bond acceptors (Lipinski definition) is 4. The molecule has 0 bridgehead atoms. The second-order valence-corrected chi connectivity index (χ2v) is 8.07. The predicted octanol–water partition coefficient (Wildman–Crippen LogP) is 5.81. The molecular formula is C19H16Cl2N4OS. The van der Waals surface area contributed by atoms with Gasteiger partial charge in [0.2, 0.25) is 5.69 Å². The van der Waals surface area contributed by atoms with Crippen LogP contribution in [0.3, 0.4) is 0 Å². The molecule has 1 aliphatic heterocycles. The second kappa shape index (κ2) is 7.53. The zero-order valence-electron chi connectivity index (χ0n) is 14.6.